The zero-order valence-electron chi connectivity index (χ0n) is 27.1. The molecular formula is C36H40ClN3O7Si. The van der Waals surface area contributed by atoms with Crippen molar-refractivity contribution in [1.29, 1.82) is 5.26 Å². The summed E-state index contributed by atoms with van der Waals surface area (Å²) in [6.07, 6.45) is 2.07. The summed E-state index contributed by atoms with van der Waals surface area (Å²) in [5.74, 6) is 2.54. The van der Waals surface area contributed by atoms with Gasteiger partial charge in [0, 0.05) is 36.1 Å². The number of aromatic nitrogens is 1. The third-order valence-electron chi connectivity index (χ3n) is 8.23. The minimum absolute atomic E-state index is 0.190. The van der Waals surface area contributed by atoms with Gasteiger partial charge in [0.1, 0.15) is 44.0 Å². The summed E-state index contributed by atoms with van der Waals surface area (Å²) < 4.78 is 24.1. The number of aliphatic hydroxyl groups is 3. The lowest BCUT2D eigenvalue weighted by Gasteiger charge is -2.22. The molecule has 252 valence electrons. The number of fused-ring (bicyclic) bond motifs is 1. The summed E-state index contributed by atoms with van der Waals surface area (Å²) in [4.78, 5) is 6.23. The molecular weight excluding hydrogens is 650 g/mol. The van der Waals surface area contributed by atoms with E-state index >= 15 is 0 Å². The van der Waals surface area contributed by atoms with E-state index in [0.29, 0.717) is 48.4 Å². The Morgan fingerprint density at radius 1 is 1.00 bits per heavy atom. The van der Waals surface area contributed by atoms with Crippen LogP contribution in [0.25, 0.3) is 11.1 Å². The quantitative estimate of drug-likeness (QED) is 0.156. The van der Waals surface area contributed by atoms with Gasteiger partial charge in [0.25, 0.3) is 0 Å². The summed E-state index contributed by atoms with van der Waals surface area (Å²) >= 11 is 6.79. The van der Waals surface area contributed by atoms with Crippen LogP contribution in [0, 0.1) is 18.3 Å². The van der Waals surface area contributed by atoms with E-state index in [0.717, 1.165) is 50.9 Å². The van der Waals surface area contributed by atoms with Crippen LogP contribution in [0.5, 0.6) is 23.0 Å². The van der Waals surface area contributed by atoms with Gasteiger partial charge in [-0.05, 0) is 73.1 Å². The molecule has 0 bridgehead atoms. The Bertz CT molecular complexity index is 1750. The summed E-state index contributed by atoms with van der Waals surface area (Å²) in [6.45, 7) is 4.35. The van der Waals surface area contributed by atoms with Crippen LogP contribution in [0.15, 0.2) is 67.0 Å². The van der Waals surface area contributed by atoms with Crippen LogP contribution in [0.1, 0.15) is 27.8 Å². The molecule has 2 heterocycles. The smallest absolute Gasteiger partial charge is 0.161 e. The Labute approximate surface area is 287 Å². The first-order valence-electron chi connectivity index (χ1n) is 15.8. The first-order valence-corrected chi connectivity index (χ1v) is 18.0. The Hall–Kier alpha value is -4.15. The minimum atomic E-state index is -1.10. The number of hydrogen-bond donors (Lipinski definition) is 3. The molecule has 48 heavy (non-hydrogen) atoms. The van der Waals surface area contributed by atoms with Gasteiger partial charge in [-0.3, -0.25) is 4.98 Å². The summed E-state index contributed by atoms with van der Waals surface area (Å²) in [7, 11) is 0.953. The number of aliphatic hydroxyl groups excluding tert-OH is 3. The lowest BCUT2D eigenvalue weighted by Crippen LogP contribution is -2.35. The van der Waals surface area contributed by atoms with Crippen molar-refractivity contribution in [2.24, 2.45) is 0 Å². The second-order valence-corrected chi connectivity index (χ2v) is 14.3. The number of rotatable bonds is 15. The number of pyridine rings is 1. The van der Waals surface area contributed by atoms with E-state index in [1.807, 2.05) is 43.4 Å². The van der Waals surface area contributed by atoms with Gasteiger partial charge in [0.2, 0.25) is 0 Å². The molecule has 2 atom stereocenters. The monoisotopic (exact) mass is 689 g/mol. The van der Waals surface area contributed by atoms with Crippen molar-refractivity contribution < 1.29 is 34.3 Å². The first-order chi connectivity index (χ1) is 23.2. The van der Waals surface area contributed by atoms with E-state index in [1.165, 1.54) is 6.20 Å². The molecule has 0 saturated heterocycles. The molecule has 3 N–H and O–H groups in total. The lowest BCUT2D eigenvalue weighted by molar-refractivity contribution is 0.0228. The molecule has 12 heteroatoms. The van der Waals surface area contributed by atoms with Crippen molar-refractivity contribution in [3.05, 3.63) is 99.8 Å². The second-order valence-electron chi connectivity index (χ2n) is 11.8. The molecule has 5 rings (SSSR count). The largest absolute Gasteiger partial charge is 0.488 e. The van der Waals surface area contributed by atoms with E-state index in [4.69, 9.17) is 35.7 Å². The predicted molar refractivity (Wildman–Crippen MR) is 185 cm³/mol. The van der Waals surface area contributed by atoms with Gasteiger partial charge < -0.3 is 39.2 Å². The van der Waals surface area contributed by atoms with E-state index < -0.39 is 28.0 Å². The maximum Gasteiger partial charge on any atom is 0.161 e. The molecule has 3 aromatic carbocycles. The highest BCUT2D eigenvalue weighted by Crippen LogP contribution is 2.37. The molecule has 10 nitrogen and oxygen atoms in total. The van der Waals surface area contributed by atoms with Gasteiger partial charge in [-0.2, -0.15) is 5.26 Å². The van der Waals surface area contributed by atoms with Crippen LogP contribution in [0.3, 0.4) is 0 Å². The van der Waals surface area contributed by atoms with Crippen molar-refractivity contribution in [3.63, 3.8) is 0 Å². The Morgan fingerprint density at radius 3 is 2.58 bits per heavy atom. The van der Waals surface area contributed by atoms with Crippen LogP contribution in [-0.4, -0.2) is 80.0 Å². The summed E-state index contributed by atoms with van der Waals surface area (Å²) in [6, 6.07) is 20.3. The van der Waals surface area contributed by atoms with Crippen LogP contribution in [0.2, 0.25) is 11.1 Å². The van der Waals surface area contributed by atoms with Crippen LogP contribution in [-0.2, 0) is 19.8 Å². The number of ether oxygens (including phenoxy) is 4. The molecule has 0 fully saturated rings. The molecule has 0 saturated carbocycles. The number of hydrogen-bond acceptors (Lipinski definition) is 10. The summed E-state index contributed by atoms with van der Waals surface area (Å²) in [5.41, 5.74) is 5.36. The topological polar surface area (TPSA) is 138 Å². The number of halogens is 1. The SMILES string of the molecule is Cc1c(COc2cc(OCc3cncc(C#N)c3)c(CN(C)CC[SiH2][C@H](O)[C@H](O)CO)cc2Cl)cccc1-c1ccc2c(c1)OCCO2. The number of benzene rings is 3. The Kier molecular flexibility index (Phi) is 12.3. The molecule has 0 unspecified atom stereocenters. The predicted octanol–water partition coefficient (Wildman–Crippen LogP) is 4.20. The van der Waals surface area contributed by atoms with Gasteiger partial charge in [0.15, 0.2) is 11.5 Å². The van der Waals surface area contributed by atoms with Crippen LogP contribution >= 0.6 is 11.6 Å². The normalized spacial score (nSPS) is 13.8. The molecule has 0 aliphatic carbocycles. The minimum Gasteiger partial charge on any atom is -0.488 e. The van der Waals surface area contributed by atoms with Gasteiger partial charge >= 0.3 is 0 Å². The molecule has 1 aromatic heterocycles. The molecule has 0 radical (unpaired) electrons. The second kappa shape index (κ2) is 16.8. The highest BCUT2D eigenvalue weighted by Gasteiger charge is 2.18. The Balaban J connectivity index is 1.33. The maximum atomic E-state index is 10.1. The van der Waals surface area contributed by atoms with Crippen LogP contribution in [0.4, 0.5) is 0 Å². The Morgan fingerprint density at radius 2 is 1.79 bits per heavy atom. The molecule has 1 aliphatic heterocycles. The lowest BCUT2D eigenvalue weighted by atomic mass is 9.96. The molecule has 4 aromatic rings. The third kappa shape index (κ3) is 9.05. The third-order valence-corrected chi connectivity index (χ3v) is 10.4. The summed E-state index contributed by atoms with van der Waals surface area (Å²) in [5, 5.41) is 38.6. The molecule has 0 amide bonds. The number of nitriles is 1. The number of nitrogens with zero attached hydrogens (tertiary/aromatic N) is 3. The van der Waals surface area contributed by atoms with E-state index in [2.05, 4.69) is 28.9 Å². The van der Waals surface area contributed by atoms with Crippen molar-refractivity contribution in [2.45, 2.75) is 44.6 Å². The zero-order chi connectivity index (χ0) is 34.0. The maximum absolute atomic E-state index is 10.1. The average molecular weight is 690 g/mol. The van der Waals surface area contributed by atoms with Gasteiger partial charge in [-0.1, -0.05) is 35.9 Å². The van der Waals surface area contributed by atoms with E-state index in [9.17, 15) is 15.5 Å². The highest BCUT2D eigenvalue weighted by molar-refractivity contribution is 6.37. The van der Waals surface area contributed by atoms with Crippen molar-refractivity contribution in [3.8, 4) is 40.2 Å². The first kappa shape index (κ1) is 35.2. The van der Waals surface area contributed by atoms with E-state index in [-0.39, 0.29) is 13.2 Å². The van der Waals surface area contributed by atoms with Gasteiger partial charge in [-0.15, -0.1) is 0 Å². The van der Waals surface area contributed by atoms with E-state index in [1.54, 1.807) is 18.3 Å². The molecule has 1 aliphatic rings. The fourth-order valence-corrected chi connectivity index (χ4v) is 7.42. The standard InChI is InChI=1S/C36H40ClN3O7Si/c1-23-27(4-3-5-29(23)26-6-7-32-35(14-26)45-10-9-44-32)22-47-34-15-33(46-21-25-12-24(16-38)17-39-18-25)28(13-30(34)37)19-40(2)8-11-48-36(43)31(42)20-41/h3-7,12-15,17-18,31,36,41-43H,8-11,19-22,48H2,1-2H3/t31-,36+/m1/s1. The fraction of sp³-hybridized carbons (Fsp3) is 0.333. The molecule has 0 spiro atoms. The van der Waals surface area contributed by atoms with Crippen molar-refractivity contribution in [1.82, 2.24) is 9.88 Å². The fourth-order valence-electron chi connectivity index (χ4n) is 5.51. The van der Waals surface area contributed by atoms with Crippen molar-refractivity contribution >= 4 is 21.1 Å². The highest BCUT2D eigenvalue weighted by atomic mass is 35.5. The van der Waals surface area contributed by atoms with Gasteiger partial charge in [0.05, 0.1) is 38.5 Å². The van der Waals surface area contributed by atoms with Crippen LogP contribution < -0.4 is 18.9 Å². The van der Waals surface area contributed by atoms with Gasteiger partial charge in [-0.25, -0.2) is 0 Å². The zero-order valence-corrected chi connectivity index (χ0v) is 29.2. The average Bonchev–Trinajstić information content (AvgIpc) is 3.10. The van der Waals surface area contributed by atoms with Crippen molar-refractivity contribution in [2.75, 3.05) is 33.4 Å².